The molecular formula is C33H50N2O3Si. The number of carbonyl (C=O) groups excluding carboxylic acids is 1. The normalized spacial score (nSPS) is 18.4. The predicted molar refractivity (Wildman–Crippen MR) is 165 cm³/mol. The van der Waals surface area contributed by atoms with Gasteiger partial charge in [0.05, 0.1) is 27.9 Å². The Bertz CT molecular complexity index is 1000. The molecule has 3 atom stereocenters. The zero-order valence-electron chi connectivity index (χ0n) is 24.8. The lowest BCUT2D eigenvalue weighted by atomic mass is 10.0. The lowest BCUT2D eigenvalue weighted by Gasteiger charge is -2.32. The number of carbonyl (C=O) groups is 1. The number of urea groups is 1. The topological polar surface area (TPSA) is 50.8 Å². The number of benzene rings is 2. The highest BCUT2D eigenvalue weighted by Gasteiger charge is 2.37. The molecule has 6 heteroatoms. The number of nitrogens with zero attached hydrogens (tertiary/aromatic N) is 1. The van der Waals surface area contributed by atoms with Crippen LogP contribution in [0.3, 0.4) is 0 Å². The minimum atomic E-state index is -1.28. The van der Waals surface area contributed by atoms with Crippen LogP contribution in [0.1, 0.15) is 69.4 Å². The second-order valence-electron chi connectivity index (χ2n) is 12.0. The summed E-state index contributed by atoms with van der Waals surface area (Å²) in [6.45, 7) is 10.4. The van der Waals surface area contributed by atoms with Gasteiger partial charge >= 0.3 is 6.03 Å². The molecule has 0 unspecified atom stereocenters. The van der Waals surface area contributed by atoms with Gasteiger partial charge in [0.25, 0.3) is 0 Å². The summed E-state index contributed by atoms with van der Waals surface area (Å²) in [7, 11) is 0.387. The lowest BCUT2D eigenvalue weighted by molar-refractivity contribution is 0.0138. The number of unbranched alkanes of at least 4 members (excludes halogenated alkanes) is 2. The quantitative estimate of drug-likeness (QED) is 0.180. The van der Waals surface area contributed by atoms with Crippen molar-refractivity contribution in [2.45, 2.75) is 109 Å². The van der Waals surface area contributed by atoms with E-state index in [1.54, 1.807) is 7.11 Å². The zero-order valence-corrected chi connectivity index (χ0v) is 25.8. The Morgan fingerprint density at radius 2 is 1.74 bits per heavy atom. The molecule has 1 fully saturated rings. The van der Waals surface area contributed by atoms with Crippen LogP contribution in [0.25, 0.3) is 0 Å². The van der Waals surface area contributed by atoms with E-state index in [0.717, 1.165) is 49.8 Å². The number of hydrogen-bond donors (Lipinski definition) is 1. The molecule has 1 aliphatic rings. The minimum Gasteiger partial charge on any atom is -0.497 e. The molecule has 214 valence electrons. The van der Waals surface area contributed by atoms with Gasteiger partial charge in [0.15, 0.2) is 0 Å². The van der Waals surface area contributed by atoms with Crippen molar-refractivity contribution in [1.82, 2.24) is 10.2 Å². The van der Waals surface area contributed by atoms with E-state index in [0.29, 0.717) is 13.2 Å². The van der Waals surface area contributed by atoms with E-state index in [4.69, 9.17) is 9.47 Å². The second-order valence-corrected chi connectivity index (χ2v) is 17.0. The minimum absolute atomic E-state index is 0.0371. The van der Waals surface area contributed by atoms with Crippen molar-refractivity contribution in [2.75, 3.05) is 7.11 Å². The maximum absolute atomic E-state index is 13.7. The van der Waals surface area contributed by atoms with E-state index >= 15 is 0 Å². The Morgan fingerprint density at radius 3 is 2.41 bits per heavy atom. The summed E-state index contributed by atoms with van der Waals surface area (Å²) in [6, 6.07) is 18.8. The zero-order chi connectivity index (χ0) is 28.1. The highest BCUT2D eigenvalue weighted by atomic mass is 28.3. The first-order valence-electron chi connectivity index (χ1n) is 14.8. The van der Waals surface area contributed by atoms with Crippen LogP contribution in [0.2, 0.25) is 19.6 Å². The summed E-state index contributed by atoms with van der Waals surface area (Å²) in [6.07, 6.45) is 11.0. The number of methoxy groups -OCH3 is 1. The molecule has 0 radical (unpaired) electrons. The highest BCUT2D eigenvalue weighted by Crippen LogP contribution is 2.32. The molecule has 2 aromatic rings. The summed E-state index contributed by atoms with van der Waals surface area (Å²) in [5.74, 6) is 0.823. The number of rotatable bonds is 15. The predicted octanol–water partition coefficient (Wildman–Crippen LogP) is 8.12. The summed E-state index contributed by atoms with van der Waals surface area (Å²) >= 11 is 0. The Hall–Kier alpha value is -2.57. The number of likely N-dealkylation sites (tertiary alicyclic amines) is 1. The summed E-state index contributed by atoms with van der Waals surface area (Å²) in [4.78, 5) is 15.8. The van der Waals surface area contributed by atoms with Crippen LogP contribution in [-0.2, 0) is 17.9 Å². The third-order valence-corrected chi connectivity index (χ3v) is 8.71. The first kappa shape index (κ1) is 31.0. The molecule has 1 N–H and O–H groups in total. The molecule has 3 rings (SSSR count). The van der Waals surface area contributed by atoms with Crippen LogP contribution in [0.5, 0.6) is 5.75 Å². The van der Waals surface area contributed by atoms with E-state index in [1.807, 2.05) is 30.3 Å². The molecule has 2 amide bonds. The maximum atomic E-state index is 13.7. The largest absolute Gasteiger partial charge is 0.497 e. The van der Waals surface area contributed by atoms with Crippen LogP contribution in [0, 0.1) is 0 Å². The monoisotopic (exact) mass is 550 g/mol. The first-order valence-corrected chi connectivity index (χ1v) is 18.4. The van der Waals surface area contributed by atoms with Gasteiger partial charge in [-0.3, -0.25) is 0 Å². The second kappa shape index (κ2) is 15.9. The van der Waals surface area contributed by atoms with Gasteiger partial charge in [0.1, 0.15) is 5.75 Å². The first-order chi connectivity index (χ1) is 18.8. The summed E-state index contributed by atoms with van der Waals surface area (Å²) in [5, 5.41) is 3.22. The molecular weight excluding hydrogens is 500 g/mol. The molecule has 0 spiro atoms. The molecule has 1 aliphatic heterocycles. The third-order valence-electron chi connectivity index (χ3n) is 7.48. The van der Waals surface area contributed by atoms with E-state index in [9.17, 15) is 4.79 Å². The van der Waals surface area contributed by atoms with Crippen LogP contribution >= 0.6 is 0 Å². The maximum Gasteiger partial charge on any atom is 0.318 e. The molecule has 0 bridgehead atoms. The fraction of sp³-hybridized carbons (Fsp3) is 0.545. The standard InChI is InChI=1S/C33H50N2O3Si/c1-6-7-9-16-32(38-26-28-13-10-8-11-14-28)24-30-20-19-29(15-12-23-39(3,4)5)35(30)33(36)34-25-27-17-21-31(37-2)22-18-27/h8,10-14,17-18,21-23,29-30,32H,6-7,9,15-16,19-20,24-26H2,1-5H3,(H,34,36)/b23-12+/t29-,30-,32-/m0/s1. The SMILES string of the molecule is CCCCC[C@@H](C[C@@H]1CC[C@H](C/C=C/[Si](C)(C)C)N1C(=O)NCc1ccc(OC)cc1)OCc1ccccc1. The Labute approximate surface area is 238 Å². The molecule has 1 saturated heterocycles. The van der Waals surface area contributed by atoms with Gasteiger partial charge in [-0.2, -0.15) is 0 Å². The molecule has 1 heterocycles. The lowest BCUT2D eigenvalue weighted by Crippen LogP contribution is -2.47. The average Bonchev–Trinajstić information content (AvgIpc) is 3.32. The Morgan fingerprint density at radius 1 is 1.03 bits per heavy atom. The van der Waals surface area contributed by atoms with Crippen LogP contribution in [0.4, 0.5) is 4.79 Å². The van der Waals surface area contributed by atoms with Crippen molar-refractivity contribution >= 4 is 14.1 Å². The van der Waals surface area contributed by atoms with Gasteiger partial charge in [-0.05, 0) is 55.4 Å². The fourth-order valence-corrected chi connectivity index (χ4v) is 6.17. The van der Waals surface area contributed by atoms with E-state index in [-0.39, 0.29) is 24.2 Å². The van der Waals surface area contributed by atoms with Crippen molar-refractivity contribution < 1.29 is 14.3 Å². The Kier molecular flexibility index (Phi) is 12.6. The van der Waals surface area contributed by atoms with Gasteiger partial charge in [0.2, 0.25) is 0 Å². The van der Waals surface area contributed by atoms with Crippen molar-refractivity contribution in [1.29, 1.82) is 0 Å². The van der Waals surface area contributed by atoms with Gasteiger partial charge in [-0.15, -0.1) is 0 Å². The number of amides is 2. The van der Waals surface area contributed by atoms with Crippen LogP contribution in [-0.4, -0.2) is 44.3 Å². The number of nitrogens with one attached hydrogen (secondary N) is 1. The van der Waals surface area contributed by atoms with Crippen molar-refractivity contribution in [3.05, 3.63) is 77.5 Å². The van der Waals surface area contributed by atoms with Gasteiger partial charge < -0.3 is 19.7 Å². The van der Waals surface area contributed by atoms with Crippen molar-refractivity contribution in [3.63, 3.8) is 0 Å². The van der Waals surface area contributed by atoms with Crippen molar-refractivity contribution in [2.24, 2.45) is 0 Å². The van der Waals surface area contributed by atoms with E-state index in [1.165, 1.54) is 18.4 Å². The molecule has 0 aromatic heterocycles. The number of hydrogen-bond acceptors (Lipinski definition) is 3. The Balaban J connectivity index is 1.70. The van der Waals surface area contributed by atoms with E-state index in [2.05, 4.69) is 72.8 Å². The molecule has 2 aromatic carbocycles. The summed E-state index contributed by atoms with van der Waals surface area (Å²) in [5.41, 5.74) is 4.68. The van der Waals surface area contributed by atoms with Crippen molar-refractivity contribution in [3.8, 4) is 5.75 Å². The average molecular weight is 551 g/mol. The smallest absolute Gasteiger partial charge is 0.318 e. The van der Waals surface area contributed by atoms with Gasteiger partial charge in [-0.25, -0.2) is 4.79 Å². The fourth-order valence-electron chi connectivity index (χ4n) is 5.33. The molecule has 0 aliphatic carbocycles. The summed E-state index contributed by atoms with van der Waals surface area (Å²) < 4.78 is 11.8. The molecule has 5 nitrogen and oxygen atoms in total. The van der Waals surface area contributed by atoms with Crippen LogP contribution < -0.4 is 10.1 Å². The van der Waals surface area contributed by atoms with Crippen LogP contribution in [0.15, 0.2) is 66.4 Å². The van der Waals surface area contributed by atoms with E-state index < -0.39 is 8.07 Å². The van der Waals surface area contributed by atoms with Gasteiger partial charge in [0, 0.05) is 18.6 Å². The molecule has 0 saturated carbocycles. The number of ether oxygens (including phenoxy) is 2. The highest BCUT2D eigenvalue weighted by molar-refractivity contribution is 6.80. The van der Waals surface area contributed by atoms with Gasteiger partial charge in [-0.1, -0.05) is 100 Å². The third kappa shape index (κ3) is 10.8. The molecule has 39 heavy (non-hydrogen) atoms.